The molecule has 16 nitrogen and oxygen atoms in total. The largest absolute Gasteiger partial charge is 0.508 e. The first-order valence-electron chi connectivity index (χ1n) is 16.1. The van der Waals surface area contributed by atoms with E-state index in [9.17, 15) is 29.1 Å². The number of likely N-dealkylation sites (tertiary alicyclic amines) is 1. The number of carbonyl (C=O) groups is 2. The van der Waals surface area contributed by atoms with Gasteiger partial charge in [-0.15, -0.1) is 23.2 Å². The van der Waals surface area contributed by atoms with Crippen molar-refractivity contribution in [2.45, 2.75) is 47.6 Å². The van der Waals surface area contributed by atoms with E-state index >= 15 is 0 Å². The van der Waals surface area contributed by atoms with Gasteiger partial charge in [-0.05, 0) is 5.57 Å². The Kier molecular flexibility index (Phi) is 8.25. The quantitative estimate of drug-likeness (QED) is 0.157. The number of methoxy groups -OCH3 is 4. The Morgan fingerprint density at radius 2 is 1.48 bits per heavy atom. The van der Waals surface area contributed by atoms with E-state index < -0.39 is 50.5 Å². The number of nitrogens with zero attached hydrogens (tertiary/aromatic N) is 6. The minimum absolute atomic E-state index is 0.0758. The molecule has 0 bridgehead atoms. The standard InChI is InChI=1S/C34H34Cl2N6O10/c1-38-20-14-23(50-4)22(49-3)13-19(20)37-18(28(38)44)8-9-40-31(47)41-10-7-17-21(42(41)32(40)48)15-33(35)29(45)39(2)30(46)34(33,36)27(17)26-24(51-5)11-16(43)12-25(26)52-6/h7,11-14,21,27,43H,8-10,15H2,1-6H3. The van der Waals surface area contributed by atoms with Crippen LogP contribution in [0.3, 0.4) is 0 Å². The van der Waals surface area contributed by atoms with Gasteiger partial charge in [-0.25, -0.2) is 28.5 Å². The molecule has 2 amide bonds. The second kappa shape index (κ2) is 12.2. The average molecular weight is 758 g/mol. The summed E-state index contributed by atoms with van der Waals surface area (Å²) in [5.41, 5.74) is -0.163. The third kappa shape index (κ3) is 4.59. The first kappa shape index (κ1) is 35.2. The predicted octanol–water partition coefficient (Wildman–Crippen LogP) is 1.66. The van der Waals surface area contributed by atoms with Gasteiger partial charge in [0.1, 0.15) is 22.9 Å². The Morgan fingerprint density at radius 3 is 2.10 bits per heavy atom. The van der Waals surface area contributed by atoms with Gasteiger partial charge in [0.25, 0.3) is 17.4 Å². The number of phenols is 1. The highest BCUT2D eigenvalue weighted by molar-refractivity contribution is 6.53. The smallest absolute Gasteiger partial charge is 0.347 e. The molecule has 4 heterocycles. The van der Waals surface area contributed by atoms with E-state index in [0.29, 0.717) is 28.1 Å². The normalized spacial score (nSPS) is 23.6. The Balaban J connectivity index is 1.35. The summed E-state index contributed by atoms with van der Waals surface area (Å²) < 4.78 is 26.8. The Morgan fingerprint density at radius 1 is 0.865 bits per heavy atom. The molecule has 1 N–H and O–H groups in total. The number of ether oxygens (including phenoxy) is 4. The number of aromatic hydroxyl groups is 1. The second-order valence-electron chi connectivity index (χ2n) is 12.8. The molecule has 2 aliphatic heterocycles. The van der Waals surface area contributed by atoms with Crippen molar-refractivity contribution in [2.24, 2.45) is 7.05 Å². The number of alkyl halides is 2. The van der Waals surface area contributed by atoms with E-state index in [1.54, 1.807) is 25.3 Å². The lowest BCUT2D eigenvalue weighted by Crippen LogP contribution is -2.59. The van der Waals surface area contributed by atoms with Gasteiger partial charge in [0.2, 0.25) is 0 Å². The van der Waals surface area contributed by atoms with Crippen LogP contribution in [-0.2, 0) is 36.1 Å². The number of fused-ring (bicyclic) bond motifs is 5. The third-order valence-corrected chi connectivity index (χ3v) is 11.8. The summed E-state index contributed by atoms with van der Waals surface area (Å²) >= 11 is 14.5. The monoisotopic (exact) mass is 756 g/mol. The number of amides is 2. The Bertz CT molecular complexity index is 2410. The molecule has 0 radical (unpaired) electrons. The minimum Gasteiger partial charge on any atom is -0.508 e. The number of hydrogen-bond acceptors (Lipinski definition) is 11. The van der Waals surface area contributed by atoms with Gasteiger partial charge < -0.3 is 28.6 Å². The van der Waals surface area contributed by atoms with Crippen LogP contribution in [0.4, 0.5) is 0 Å². The molecule has 7 rings (SSSR count). The summed E-state index contributed by atoms with van der Waals surface area (Å²) in [5, 5.41) is 10.4. The van der Waals surface area contributed by atoms with Crippen LogP contribution in [0.1, 0.15) is 29.6 Å². The van der Waals surface area contributed by atoms with Crippen LogP contribution >= 0.6 is 23.2 Å². The minimum atomic E-state index is -2.12. The van der Waals surface area contributed by atoms with Crippen LogP contribution in [0.5, 0.6) is 28.7 Å². The molecule has 2 aromatic heterocycles. The molecule has 2 aromatic carbocycles. The molecule has 18 heteroatoms. The van der Waals surface area contributed by atoms with E-state index in [1.807, 2.05) is 0 Å². The molecule has 2 fully saturated rings. The molecular weight excluding hydrogens is 723 g/mol. The van der Waals surface area contributed by atoms with Crippen molar-refractivity contribution in [2.75, 3.05) is 35.5 Å². The van der Waals surface area contributed by atoms with Crippen LogP contribution < -0.4 is 35.9 Å². The maximum Gasteiger partial charge on any atom is 0.347 e. The fourth-order valence-electron chi connectivity index (χ4n) is 7.86. The number of imide groups is 1. The number of aromatic nitrogens is 5. The molecule has 4 atom stereocenters. The molecular formula is C34H34Cl2N6O10. The number of phenolic OH excluding ortho intramolecular Hbond substituents is 1. The lowest BCUT2D eigenvalue weighted by atomic mass is 9.64. The zero-order valence-electron chi connectivity index (χ0n) is 28.9. The van der Waals surface area contributed by atoms with Crippen LogP contribution in [0, 0.1) is 0 Å². The average Bonchev–Trinajstić information content (AvgIpc) is 3.45. The van der Waals surface area contributed by atoms with Crippen molar-refractivity contribution in [1.82, 2.24) is 28.4 Å². The lowest BCUT2D eigenvalue weighted by Gasteiger charge is -2.49. The number of rotatable bonds is 8. The maximum absolute atomic E-state index is 14.3. The van der Waals surface area contributed by atoms with Gasteiger partial charge >= 0.3 is 11.4 Å². The summed E-state index contributed by atoms with van der Waals surface area (Å²) in [6, 6.07) is 4.84. The van der Waals surface area contributed by atoms with Gasteiger partial charge in [0, 0.05) is 69.2 Å². The molecule has 4 unspecified atom stereocenters. The molecule has 0 spiro atoms. The van der Waals surface area contributed by atoms with Crippen LogP contribution in [0.25, 0.3) is 11.0 Å². The molecule has 3 aliphatic rings. The van der Waals surface area contributed by atoms with Crippen molar-refractivity contribution in [3.63, 3.8) is 0 Å². The molecule has 1 saturated carbocycles. The highest BCUT2D eigenvalue weighted by Gasteiger charge is 2.75. The number of aryl methyl sites for hydroxylation is 2. The summed E-state index contributed by atoms with van der Waals surface area (Å²) in [5.74, 6) is -1.98. The molecule has 4 aromatic rings. The van der Waals surface area contributed by atoms with Crippen LogP contribution in [0.2, 0.25) is 0 Å². The van der Waals surface area contributed by atoms with Crippen molar-refractivity contribution in [3.8, 4) is 28.7 Å². The zero-order chi connectivity index (χ0) is 37.6. The van der Waals surface area contributed by atoms with Crippen molar-refractivity contribution < 1.29 is 33.6 Å². The molecule has 52 heavy (non-hydrogen) atoms. The number of carbonyl (C=O) groups excluding carboxylic acids is 2. The maximum atomic E-state index is 14.3. The van der Waals surface area contributed by atoms with E-state index in [4.69, 9.17) is 42.1 Å². The number of halogens is 2. The van der Waals surface area contributed by atoms with Gasteiger partial charge in [-0.3, -0.25) is 19.3 Å². The van der Waals surface area contributed by atoms with Crippen molar-refractivity contribution in [3.05, 3.63) is 78.5 Å². The van der Waals surface area contributed by atoms with Gasteiger partial charge in [0.05, 0.1) is 52.1 Å². The van der Waals surface area contributed by atoms with Gasteiger partial charge in [-0.1, -0.05) is 6.08 Å². The summed E-state index contributed by atoms with van der Waals surface area (Å²) in [4.78, 5) is 70.4. The molecule has 274 valence electrons. The van der Waals surface area contributed by atoms with E-state index in [-0.39, 0.29) is 54.4 Å². The van der Waals surface area contributed by atoms with Crippen LogP contribution in [-0.4, -0.2) is 90.5 Å². The van der Waals surface area contributed by atoms with E-state index in [0.717, 1.165) is 9.47 Å². The van der Waals surface area contributed by atoms with Crippen molar-refractivity contribution >= 4 is 46.0 Å². The van der Waals surface area contributed by atoms with E-state index in [1.165, 1.54) is 61.6 Å². The summed E-state index contributed by atoms with van der Waals surface area (Å²) in [6.07, 6.45) is 1.28. The Hall–Kier alpha value is -5.22. The highest BCUT2D eigenvalue weighted by Crippen LogP contribution is 2.65. The van der Waals surface area contributed by atoms with E-state index in [2.05, 4.69) is 4.98 Å². The summed E-state index contributed by atoms with van der Waals surface area (Å²) in [7, 11) is 8.51. The molecule has 1 saturated heterocycles. The topological polar surface area (TPSA) is 178 Å². The number of allylic oxidation sites excluding steroid dienone is 2. The summed E-state index contributed by atoms with van der Waals surface area (Å²) in [6.45, 7) is -0.313. The highest BCUT2D eigenvalue weighted by atomic mass is 35.5. The number of benzene rings is 2. The van der Waals surface area contributed by atoms with Gasteiger partial charge in [-0.2, -0.15) is 0 Å². The lowest BCUT2D eigenvalue weighted by molar-refractivity contribution is -0.137. The first-order chi connectivity index (χ1) is 24.7. The fraction of sp³-hybridized carbons (Fsp3) is 0.412. The first-order valence-corrected chi connectivity index (χ1v) is 16.8. The van der Waals surface area contributed by atoms with Crippen molar-refractivity contribution in [1.29, 1.82) is 0 Å². The third-order valence-electron chi connectivity index (χ3n) is 10.4. The number of hydrogen-bond donors (Lipinski definition) is 1. The SMILES string of the molecule is COc1cc2nc(CCn3c(=O)n4n(c3=O)C3CC5(Cl)C(=O)N(C)C(=O)C5(Cl)C(c5c(OC)cc(O)cc5OC)C3=CC4)c(=O)n(C)c2cc1OC. The Labute approximate surface area is 304 Å². The van der Waals surface area contributed by atoms with Crippen LogP contribution in [0.15, 0.2) is 50.3 Å². The zero-order valence-corrected chi connectivity index (χ0v) is 30.4. The van der Waals surface area contributed by atoms with Gasteiger partial charge in [0.15, 0.2) is 21.2 Å². The predicted molar refractivity (Wildman–Crippen MR) is 187 cm³/mol. The molecule has 1 aliphatic carbocycles. The second-order valence-corrected chi connectivity index (χ2v) is 14.1. The fourth-order valence-corrected chi connectivity index (χ4v) is 8.84.